The average molecular weight is 382 g/mol. The van der Waals surface area contributed by atoms with Crippen molar-refractivity contribution < 1.29 is 9.53 Å². The van der Waals surface area contributed by atoms with Gasteiger partial charge in [-0.3, -0.25) is 4.79 Å². The van der Waals surface area contributed by atoms with E-state index in [0.29, 0.717) is 16.6 Å². The van der Waals surface area contributed by atoms with Crippen LogP contribution in [0.2, 0.25) is 0 Å². The van der Waals surface area contributed by atoms with Gasteiger partial charge in [0.15, 0.2) is 5.13 Å². The first-order valence-corrected chi connectivity index (χ1v) is 9.50. The molecule has 6 heteroatoms. The van der Waals surface area contributed by atoms with Crippen molar-refractivity contribution in [1.29, 1.82) is 0 Å². The fourth-order valence-corrected chi connectivity index (χ4v) is 3.67. The molecule has 5 nitrogen and oxygen atoms in total. The summed E-state index contributed by atoms with van der Waals surface area (Å²) in [7, 11) is 1.63. The molecule has 0 atom stereocenters. The number of rotatable bonds is 6. The van der Waals surface area contributed by atoms with Crippen molar-refractivity contribution in [2.75, 3.05) is 12.4 Å². The normalized spacial score (nSPS) is 10.5. The van der Waals surface area contributed by atoms with Gasteiger partial charge in [-0.15, -0.1) is 0 Å². The van der Waals surface area contributed by atoms with Crippen molar-refractivity contribution >= 4 is 28.1 Å². The lowest BCUT2D eigenvalue weighted by atomic mass is 10.1. The van der Waals surface area contributed by atoms with E-state index >= 15 is 0 Å². The predicted molar refractivity (Wildman–Crippen MR) is 110 cm³/mol. The number of nitrogens with zero attached hydrogens (tertiary/aromatic N) is 1. The monoisotopic (exact) mass is 381 g/mol. The highest BCUT2D eigenvalue weighted by atomic mass is 32.1. The zero-order valence-electron chi connectivity index (χ0n) is 15.9. The van der Waals surface area contributed by atoms with Crippen LogP contribution < -0.4 is 15.4 Å². The number of anilines is 2. The van der Waals surface area contributed by atoms with Crippen LogP contribution in [0.3, 0.4) is 0 Å². The molecule has 0 saturated heterocycles. The molecular formula is C21H23N3O2S. The van der Waals surface area contributed by atoms with Crippen LogP contribution in [0, 0.1) is 20.8 Å². The predicted octanol–water partition coefficient (Wildman–Crippen LogP) is 4.75. The molecule has 2 aromatic carbocycles. The lowest BCUT2D eigenvalue weighted by Crippen LogP contribution is -2.22. The van der Waals surface area contributed by atoms with Crippen LogP contribution in [-0.2, 0) is 6.54 Å². The van der Waals surface area contributed by atoms with Gasteiger partial charge in [0.05, 0.1) is 12.8 Å². The molecule has 0 aliphatic carbocycles. The van der Waals surface area contributed by atoms with Crippen molar-refractivity contribution in [3.05, 3.63) is 69.7 Å². The van der Waals surface area contributed by atoms with Crippen molar-refractivity contribution in [1.82, 2.24) is 10.3 Å². The average Bonchev–Trinajstić information content (AvgIpc) is 3.02. The number of hydrogen-bond donors (Lipinski definition) is 2. The number of aromatic nitrogens is 1. The third-order valence-electron chi connectivity index (χ3n) is 4.21. The van der Waals surface area contributed by atoms with E-state index in [4.69, 9.17) is 4.74 Å². The Kier molecular flexibility index (Phi) is 5.76. The summed E-state index contributed by atoms with van der Waals surface area (Å²) < 4.78 is 5.21. The lowest BCUT2D eigenvalue weighted by molar-refractivity contribution is 0.0954. The number of carbonyl (C=O) groups is 1. The van der Waals surface area contributed by atoms with Crippen LogP contribution in [0.25, 0.3) is 0 Å². The number of hydrogen-bond acceptors (Lipinski definition) is 5. The second-order valence-electron chi connectivity index (χ2n) is 6.41. The molecule has 1 amide bonds. The van der Waals surface area contributed by atoms with Crippen LogP contribution in [0.4, 0.5) is 10.8 Å². The van der Waals surface area contributed by atoms with Gasteiger partial charge >= 0.3 is 0 Å². The van der Waals surface area contributed by atoms with Gasteiger partial charge in [-0.25, -0.2) is 4.98 Å². The topological polar surface area (TPSA) is 63.2 Å². The molecule has 0 saturated carbocycles. The van der Waals surface area contributed by atoms with Crippen molar-refractivity contribution in [2.45, 2.75) is 27.3 Å². The summed E-state index contributed by atoms with van der Waals surface area (Å²) >= 11 is 1.36. The maximum atomic E-state index is 12.6. The third-order valence-corrected chi connectivity index (χ3v) is 5.29. The fourth-order valence-electron chi connectivity index (χ4n) is 2.77. The molecule has 0 fully saturated rings. The molecule has 0 aliphatic heterocycles. The molecule has 0 radical (unpaired) electrons. The maximum Gasteiger partial charge on any atom is 0.263 e. The van der Waals surface area contributed by atoms with E-state index in [1.54, 1.807) is 7.11 Å². The maximum absolute atomic E-state index is 12.6. The Morgan fingerprint density at radius 3 is 2.70 bits per heavy atom. The van der Waals surface area contributed by atoms with Crippen LogP contribution in [0.5, 0.6) is 5.75 Å². The van der Waals surface area contributed by atoms with Crippen molar-refractivity contribution in [2.24, 2.45) is 0 Å². The largest absolute Gasteiger partial charge is 0.497 e. The second kappa shape index (κ2) is 8.22. The molecule has 3 rings (SSSR count). The smallest absolute Gasteiger partial charge is 0.263 e. The minimum atomic E-state index is -0.124. The minimum absolute atomic E-state index is 0.124. The molecule has 0 bridgehead atoms. The number of methoxy groups -OCH3 is 1. The zero-order valence-corrected chi connectivity index (χ0v) is 16.7. The number of amides is 1. The van der Waals surface area contributed by atoms with E-state index < -0.39 is 0 Å². The minimum Gasteiger partial charge on any atom is -0.497 e. The number of thiazole rings is 1. The third kappa shape index (κ3) is 4.65. The van der Waals surface area contributed by atoms with Gasteiger partial charge in [0.1, 0.15) is 10.6 Å². The highest BCUT2D eigenvalue weighted by molar-refractivity contribution is 7.17. The van der Waals surface area contributed by atoms with Gasteiger partial charge in [0.25, 0.3) is 5.91 Å². The van der Waals surface area contributed by atoms with E-state index in [1.807, 2.05) is 37.3 Å². The van der Waals surface area contributed by atoms with Gasteiger partial charge in [-0.2, -0.15) is 0 Å². The molecule has 3 aromatic rings. The number of aryl methyl sites for hydroxylation is 3. The first-order valence-electron chi connectivity index (χ1n) is 8.69. The molecule has 2 N–H and O–H groups in total. The van der Waals surface area contributed by atoms with Crippen LogP contribution in [0.15, 0.2) is 42.5 Å². The second-order valence-corrected chi connectivity index (χ2v) is 7.41. The summed E-state index contributed by atoms with van der Waals surface area (Å²) in [6.07, 6.45) is 0. The Hall–Kier alpha value is -2.86. The van der Waals surface area contributed by atoms with Gasteiger partial charge in [-0.1, -0.05) is 41.2 Å². The van der Waals surface area contributed by atoms with E-state index in [2.05, 4.69) is 41.6 Å². The van der Waals surface area contributed by atoms with Gasteiger partial charge in [0.2, 0.25) is 0 Å². The number of nitrogens with one attached hydrogen (secondary N) is 2. The summed E-state index contributed by atoms with van der Waals surface area (Å²) in [6.45, 7) is 6.41. The summed E-state index contributed by atoms with van der Waals surface area (Å²) in [5, 5.41) is 6.98. The van der Waals surface area contributed by atoms with Crippen LogP contribution in [0.1, 0.15) is 32.1 Å². The Morgan fingerprint density at radius 1 is 1.15 bits per heavy atom. The standard InChI is InChI=1S/C21H23N3O2S/c1-13-8-9-18(14(2)10-13)24-21-23-15(3)19(27-21)20(25)22-12-16-6-5-7-17(11-16)26-4/h5-11H,12H2,1-4H3,(H,22,25)(H,23,24). The summed E-state index contributed by atoms with van der Waals surface area (Å²) in [5.41, 5.74) is 5.06. The number of ether oxygens (including phenoxy) is 1. The summed E-state index contributed by atoms with van der Waals surface area (Å²) in [6, 6.07) is 13.8. The van der Waals surface area contributed by atoms with E-state index in [-0.39, 0.29) is 5.91 Å². The SMILES string of the molecule is COc1cccc(CNC(=O)c2sc(Nc3ccc(C)cc3C)nc2C)c1. The first kappa shape index (κ1) is 18.9. The Bertz CT molecular complexity index is 966. The van der Waals surface area contributed by atoms with Crippen molar-refractivity contribution in [3.8, 4) is 5.75 Å². The molecule has 0 spiro atoms. The number of benzene rings is 2. The first-order chi connectivity index (χ1) is 13.0. The molecule has 0 unspecified atom stereocenters. The molecular weight excluding hydrogens is 358 g/mol. The zero-order chi connectivity index (χ0) is 19.4. The number of carbonyl (C=O) groups excluding carboxylic acids is 1. The van der Waals surface area contributed by atoms with Crippen LogP contribution >= 0.6 is 11.3 Å². The highest BCUT2D eigenvalue weighted by Gasteiger charge is 2.15. The van der Waals surface area contributed by atoms with E-state index in [0.717, 1.165) is 28.3 Å². The highest BCUT2D eigenvalue weighted by Crippen LogP contribution is 2.27. The summed E-state index contributed by atoms with van der Waals surface area (Å²) in [4.78, 5) is 17.7. The molecule has 1 heterocycles. The van der Waals surface area contributed by atoms with Crippen LogP contribution in [-0.4, -0.2) is 18.0 Å². The van der Waals surface area contributed by atoms with Crippen molar-refractivity contribution in [3.63, 3.8) is 0 Å². The molecule has 27 heavy (non-hydrogen) atoms. The Morgan fingerprint density at radius 2 is 1.96 bits per heavy atom. The fraction of sp³-hybridized carbons (Fsp3) is 0.238. The lowest BCUT2D eigenvalue weighted by Gasteiger charge is -2.07. The van der Waals surface area contributed by atoms with Gasteiger partial charge in [-0.05, 0) is 50.1 Å². The molecule has 1 aromatic heterocycles. The van der Waals surface area contributed by atoms with E-state index in [9.17, 15) is 4.79 Å². The van der Waals surface area contributed by atoms with E-state index in [1.165, 1.54) is 16.9 Å². The molecule has 140 valence electrons. The van der Waals surface area contributed by atoms with Gasteiger partial charge in [0, 0.05) is 12.2 Å². The summed E-state index contributed by atoms with van der Waals surface area (Å²) in [5.74, 6) is 0.650. The Balaban J connectivity index is 1.68. The quantitative estimate of drug-likeness (QED) is 0.647. The molecule has 0 aliphatic rings. The Labute approximate surface area is 163 Å². The van der Waals surface area contributed by atoms with Gasteiger partial charge < -0.3 is 15.4 Å².